The summed E-state index contributed by atoms with van der Waals surface area (Å²) in [6.07, 6.45) is 0. The van der Waals surface area contributed by atoms with Crippen LogP contribution in [0.5, 0.6) is 11.5 Å². The summed E-state index contributed by atoms with van der Waals surface area (Å²) >= 11 is 0. The third kappa shape index (κ3) is 1.64. The molecular formula is C21H15NO2. The molecule has 0 fully saturated rings. The zero-order valence-electron chi connectivity index (χ0n) is 13.5. The molecule has 1 aliphatic rings. The van der Waals surface area contributed by atoms with Gasteiger partial charge in [-0.1, -0.05) is 36.4 Å². The number of nitrogens with zero attached hydrogens (tertiary/aromatic N) is 1. The molecule has 0 saturated heterocycles. The van der Waals surface area contributed by atoms with Crippen molar-refractivity contribution >= 4 is 21.7 Å². The molecule has 0 radical (unpaired) electrons. The minimum atomic E-state index is 0.700. The number of hydrogen-bond acceptors (Lipinski definition) is 3. The van der Waals surface area contributed by atoms with Crippen LogP contribution in [0, 0.1) is 0 Å². The molecule has 0 spiro atoms. The molecule has 3 aromatic carbocycles. The summed E-state index contributed by atoms with van der Waals surface area (Å²) in [5.41, 5.74) is 5.59. The van der Waals surface area contributed by atoms with E-state index in [1.165, 1.54) is 27.5 Å². The van der Waals surface area contributed by atoms with Gasteiger partial charge in [0, 0.05) is 22.6 Å². The van der Waals surface area contributed by atoms with Crippen LogP contribution in [0.1, 0.15) is 0 Å². The third-order valence-corrected chi connectivity index (χ3v) is 4.77. The topological polar surface area (TPSA) is 31.4 Å². The van der Waals surface area contributed by atoms with Gasteiger partial charge in [-0.05, 0) is 28.5 Å². The van der Waals surface area contributed by atoms with E-state index in [0.717, 1.165) is 22.3 Å². The average molecular weight is 313 g/mol. The lowest BCUT2D eigenvalue weighted by molar-refractivity contribution is 0.356. The standard InChI is InChI=1S/C21H15NO2/c1-23-18-10-13-9-16-14-7-3-5-12-6-4-8-15(20(12)14)21(16)22-17(13)11-19(18)24-2/h3-11H,1-2H3. The third-order valence-electron chi connectivity index (χ3n) is 4.77. The zero-order chi connectivity index (χ0) is 16.3. The maximum atomic E-state index is 5.43. The van der Waals surface area contributed by atoms with Crippen molar-refractivity contribution in [2.75, 3.05) is 14.2 Å². The first-order valence-corrected chi connectivity index (χ1v) is 7.89. The Morgan fingerprint density at radius 3 is 2.17 bits per heavy atom. The second-order valence-electron chi connectivity index (χ2n) is 5.99. The monoisotopic (exact) mass is 313 g/mol. The first kappa shape index (κ1) is 13.4. The SMILES string of the molecule is COc1cc2cc3c(nc2cc1OC)-c1cccc2cccc-3c12. The normalized spacial score (nSPS) is 11.8. The summed E-state index contributed by atoms with van der Waals surface area (Å²) in [7, 11) is 3.30. The minimum absolute atomic E-state index is 0.700. The van der Waals surface area contributed by atoms with Crippen LogP contribution >= 0.6 is 0 Å². The molecule has 1 aromatic heterocycles. The fraction of sp³-hybridized carbons (Fsp3) is 0.0952. The lowest BCUT2D eigenvalue weighted by Crippen LogP contribution is -1.92. The lowest BCUT2D eigenvalue weighted by atomic mass is 10.0. The van der Waals surface area contributed by atoms with Gasteiger partial charge < -0.3 is 9.47 Å². The molecule has 1 aliphatic carbocycles. The van der Waals surface area contributed by atoms with Gasteiger partial charge in [0.05, 0.1) is 25.4 Å². The van der Waals surface area contributed by atoms with E-state index in [1.807, 2.05) is 12.1 Å². The van der Waals surface area contributed by atoms with Crippen molar-refractivity contribution in [2.24, 2.45) is 0 Å². The van der Waals surface area contributed by atoms with Crippen LogP contribution in [-0.4, -0.2) is 19.2 Å². The molecule has 0 unspecified atom stereocenters. The summed E-state index contributed by atoms with van der Waals surface area (Å²) in [6, 6.07) is 19.0. The Hall–Kier alpha value is -3.07. The highest BCUT2D eigenvalue weighted by Gasteiger charge is 2.23. The highest BCUT2D eigenvalue weighted by atomic mass is 16.5. The van der Waals surface area contributed by atoms with Gasteiger partial charge in [0.25, 0.3) is 0 Å². The van der Waals surface area contributed by atoms with Gasteiger partial charge in [-0.2, -0.15) is 0 Å². The Labute approximate surface area is 139 Å². The second kappa shape index (κ2) is 4.71. The molecule has 24 heavy (non-hydrogen) atoms. The van der Waals surface area contributed by atoms with Crippen LogP contribution in [0.25, 0.3) is 44.1 Å². The summed E-state index contributed by atoms with van der Waals surface area (Å²) in [5, 5.41) is 3.59. The summed E-state index contributed by atoms with van der Waals surface area (Å²) in [5.74, 6) is 1.42. The molecule has 5 rings (SSSR count). The zero-order valence-corrected chi connectivity index (χ0v) is 13.5. The second-order valence-corrected chi connectivity index (χ2v) is 5.99. The molecule has 0 bridgehead atoms. The quantitative estimate of drug-likeness (QED) is 0.457. The van der Waals surface area contributed by atoms with Crippen molar-refractivity contribution in [1.82, 2.24) is 4.98 Å². The van der Waals surface area contributed by atoms with Crippen LogP contribution in [0.2, 0.25) is 0 Å². The van der Waals surface area contributed by atoms with E-state index >= 15 is 0 Å². The molecule has 116 valence electrons. The van der Waals surface area contributed by atoms with Crippen LogP contribution in [0.3, 0.4) is 0 Å². The molecule has 0 amide bonds. The lowest BCUT2D eigenvalue weighted by Gasteiger charge is -2.10. The molecule has 0 N–H and O–H groups in total. The van der Waals surface area contributed by atoms with Crippen LogP contribution in [0.15, 0.2) is 54.6 Å². The molecule has 3 nitrogen and oxygen atoms in total. The minimum Gasteiger partial charge on any atom is -0.493 e. The smallest absolute Gasteiger partial charge is 0.162 e. The van der Waals surface area contributed by atoms with Gasteiger partial charge in [-0.25, -0.2) is 4.98 Å². The fourth-order valence-electron chi connectivity index (χ4n) is 3.67. The van der Waals surface area contributed by atoms with E-state index in [1.54, 1.807) is 14.2 Å². The summed E-state index contributed by atoms with van der Waals surface area (Å²) in [4.78, 5) is 4.94. The van der Waals surface area contributed by atoms with Crippen LogP contribution in [-0.2, 0) is 0 Å². The number of rotatable bonds is 2. The summed E-state index contributed by atoms with van der Waals surface area (Å²) in [6.45, 7) is 0. The molecular weight excluding hydrogens is 298 g/mol. The maximum absolute atomic E-state index is 5.43. The molecule has 4 aromatic rings. The Kier molecular flexibility index (Phi) is 2.63. The number of methoxy groups -OCH3 is 2. The largest absolute Gasteiger partial charge is 0.493 e. The molecule has 3 heteroatoms. The van der Waals surface area contributed by atoms with Crippen molar-refractivity contribution in [3.63, 3.8) is 0 Å². The van der Waals surface area contributed by atoms with E-state index < -0.39 is 0 Å². The number of aromatic nitrogens is 1. The van der Waals surface area contributed by atoms with Gasteiger partial charge in [0.2, 0.25) is 0 Å². The first-order chi connectivity index (χ1) is 11.8. The highest BCUT2D eigenvalue weighted by Crippen LogP contribution is 2.47. The van der Waals surface area contributed by atoms with Crippen LogP contribution in [0.4, 0.5) is 0 Å². The number of hydrogen-bond donors (Lipinski definition) is 0. The Balaban J connectivity index is 1.89. The number of ether oxygens (including phenoxy) is 2. The molecule has 0 aliphatic heterocycles. The van der Waals surface area contributed by atoms with Crippen molar-refractivity contribution in [3.05, 3.63) is 54.6 Å². The van der Waals surface area contributed by atoms with Gasteiger partial charge in [0.15, 0.2) is 11.5 Å². The van der Waals surface area contributed by atoms with E-state index in [-0.39, 0.29) is 0 Å². The van der Waals surface area contributed by atoms with Gasteiger partial charge >= 0.3 is 0 Å². The van der Waals surface area contributed by atoms with E-state index in [4.69, 9.17) is 14.5 Å². The highest BCUT2D eigenvalue weighted by molar-refractivity contribution is 6.15. The number of fused-ring (bicyclic) bond motifs is 4. The Morgan fingerprint density at radius 2 is 1.42 bits per heavy atom. The van der Waals surface area contributed by atoms with E-state index in [2.05, 4.69) is 42.5 Å². The molecule has 1 heterocycles. The number of pyridine rings is 1. The van der Waals surface area contributed by atoms with E-state index in [9.17, 15) is 0 Å². The van der Waals surface area contributed by atoms with Gasteiger partial charge in [0.1, 0.15) is 0 Å². The van der Waals surface area contributed by atoms with Gasteiger partial charge in [-0.3, -0.25) is 0 Å². The Bertz CT molecular complexity index is 1050. The van der Waals surface area contributed by atoms with Crippen molar-refractivity contribution < 1.29 is 9.47 Å². The van der Waals surface area contributed by atoms with E-state index in [0.29, 0.717) is 5.75 Å². The molecule has 0 atom stereocenters. The summed E-state index contributed by atoms with van der Waals surface area (Å²) < 4.78 is 10.8. The average Bonchev–Trinajstić information content (AvgIpc) is 2.94. The van der Waals surface area contributed by atoms with Crippen molar-refractivity contribution in [2.45, 2.75) is 0 Å². The predicted octanol–water partition coefficient (Wildman–Crippen LogP) is 5.05. The van der Waals surface area contributed by atoms with Crippen molar-refractivity contribution in [3.8, 4) is 33.9 Å². The molecule has 0 saturated carbocycles. The predicted molar refractivity (Wildman–Crippen MR) is 96.8 cm³/mol. The maximum Gasteiger partial charge on any atom is 0.162 e. The Morgan fingerprint density at radius 1 is 0.708 bits per heavy atom. The number of benzene rings is 3. The van der Waals surface area contributed by atoms with Crippen molar-refractivity contribution in [1.29, 1.82) is 0 Å². The van der Waals surface area contributed by atoms with Gasteiger partial charge in [-0.15, -0.1) is 0 Å². The first-order valence-electron chi connectivity index (χ1n) is 7.89. The van der Waals surface area contributed by atoms with Crippen LogP contribution < -0.4 is 9.47 Å². The fourth-order valence-corrected chi connectivity index (χ4v) is 3.67.